The van der Waals surface area contributed by atoms with E-state index < -0.39 is 11.9 Å². The molecule has 0 aliphatic carbocycles. The van der Waals surface area contributed by atoms with E-state index in [1.165, 1.54) is 12.1 Å². The molecule has 0 aliphatic rings. The van der Waals surface area contributed by atoms with Gasteiger partial charge in [-0.1, -0.05) is 48.0 Å². The molecule has 0 saturated heterocycles. The molecule has 0 aromatic heterocycles. The van der Waals surface area contributed by atoms with E-state index in [2.05, 4.69) is 0 Å². The van der Waals surface area contributed by atoms with Crippen molar-refractivity contribution in [2.45, 2.75) is 12.5 Å². The molecule has 2 aromatic rings. The Hall–Kier alpha value is -1.38. The Bertz CT molecular complexity index is 499. The van der Waals surface area contributed by atoms with Crippen molar-refractivity contribution in [2.75, 3.05) is 0 Å². The van der Waals surface area contributed by atoms with Crippen LogP contribution in [0, 0.1) is 5.82 Å². The van der Waals surface area contributed by atoms with Crippen LogP contribution in [0.2, 0.25) is 5.02 Å². The van der Waals surface area contributed by atoms with Crippen molar-refractivity contribution in [2.24, 2.45) is 0 Å². The molecule has 0 bridgehead atoms. The molecular formula is C14H12ClFO. The van der Waals surface area contributed by atoms with Gasteiger partial charge in [0.15, 0.2) is 0 Å². The highest BCUT2D eigenvalue weighted by Crippen LogP contribution is 2.22. The average Bonchev–Trinajstić information content (AvgIpc) is 2.34. The van der Waals surface area contributed by atoms with Gasteiger partial charge >= 0.3 is 0 Å². The standard InChI is InChI=1S/C14H12ClFO/c15-12-7-6-11(9-13(12)16)14(17)8-10-4-2-1-3-5-10/h1-7,9,14,17H,8H2. The van der Waals surface area contributed by atoms with Gasteiger partial charge in [0.2, 0.25) is 0 Å². The molecule has 1 unspecified atom stereocenters. The molecule has 88 valence electrons. The molecule has 1 atom stereocenters. The van der Waals surface area contributed by atoms with Crippen molar-refractivity contribution in [3.8, 4) is 0 Å². The number of hydrogen-bond donors (Lipinski definition) is 1. The van der Waals surface area contributed by atoms with Crippen molar-refractivity contribution in [3.05, 3.63) is 70.5 Å². The van der Waals surface area contributed by atoms with Crippen LogP contribution in [0.4, 0.5) is 4.39 Å². The molecule has 2 rings (SSSR count). The maximum atomic E-state index is 13.2. The summed E-state index contributed by atoms with van der Waals surface area (Å²) in [4.78, 5) is 0. The van der Waals surface area contributed by atoms with Crippen LogP contribution >= 0.6 is 11.6 Å². The SMILES string of the molecule is OC(Cc1ccccc1)c1ccc(Cl)c(F)c1. The Balaban J connectivity index is 2.14. The monoisotopic (exact) mass is 250 g/mol. The first-order valence-corrected chi connectivity index (χ1v) is 5.71. The molecule has 1 nitrogen and oxygen atoms in total. The largest absolute Gasteiger partial charge is 0.388 e. The third-order valence-corrected chi connectivity index (χ3v) is 2.91. The third-order valence-electron chi connectivity index (χ3n) is 2.60. The van der Waals surface area contributed by atoms with Crippen LogP contribution < -0.4 is 0 Å². The fraction of sp³-hybridized carbons (Fsp3) is 0.143. The van der Waals surface area contributed by atoms with Crippen molar-refractivity contribution in [1.29, 1.82) is 0 Å². The molecule has 0 heterocycles. The van der Waals surface area contributed by atoms with Crippen molar-refractivity contribution >= 4 is 11.6 Å². The van der Waals surface area contributed by atoms with Gasteiger partial charge in [0.25, 0.3) is 0 Å². The van der Waals surface area contributed by atoms with Gasteiger partial charge in [-0.15, -0.1) is 0 Å². The van der Waals surface area contributed by atoms with Gasteiger partial charge in [-0.2, -0.15) is 0 Å². The molecule has 0 spiro atoms. The van der Waals surface area contributed by atoms with Gasteiger partial charge in [-0.3, -0.25) is 0 Å². The van der Waals surface area contributed by atoms with Gasteiger partial charge in [0, 0.05) is 6.42 Å². The van der Waals surface area contributed by atoms with E-state index in [4.69, 9.17) is 11.6 Å². The summed E-state index contributed by atoms with van der Waals surface area (Å²) in [6, 6.07) is 14.0. The minimum absolute atomic E-state index is 0.0701. The first-order valence-electron chi connectivity index (χ1n) is 5.34. The number of aliphatic hydroxyl groups is 1. The lowest BCUT2D eigenvalue weighted by Crippen LogP contribution is -2.02. The molecular weight excluding hydrogens is 239 g/mol. The van der Waals surface area contributed by atoms with Crippen molar-refractivity contribution in [1.82, 2.24) is 0 Å². The lowest BCUT2D eigenvalue weighted by Gasteiger charge is -2.11. The van der Waals surface area contributed by atoms with Crippen LogP contribution in [0.5, 0.6) is 0 Å². The molecule has 3 heteroatoms. The number of rotatable bonds is 3. The third kappa shape index (κ3) is 3.05. The molecule has 0 radical (unpaired) electrons. The predicted molar refractivity (Wildman–Crippen MR) is 66.5 cm³/mol. The van der Waals surface area contributed by atoms with Gasteiger partial charge in [0.05, 0.1) is 11.1 Å². The fourth-order valence-electron chi connectivity index (χ4n) is 1.67. The molecule has 2 aromatic carbocycles. The van der Waals surface area contributed by atoms with Crippen molar-refractivity contribution in [3.63, 3.8) is 0 Å². The normalized spacial score (nSPS) is 12.4. The predicted octanol–water partition coefficient (Wildman–Crippen LogP) is 3.76. The van der Waals surface area contributed by atoms with Crippen LogP contribution in [0.1, 0.15) is 17.2 Å². The summed E-state index contributed by atoms with van der Waals surface area (Å²) in [7, 11) is 0. The van der Waals surface area contributed by atoms with Crippen LogP contribution in [0.3, 0.4) is 0 Å². The van der Waals surface area contributed by atoms with Gasteiger partial charge in [-0.25, -0.2) is 4.39 Å². The highest BCUT2D eigenvalue weighted by molar-refractivity contribution is 6.30. The minimum atomic E-state index is -0.718. The summed E-state index contributed by atoms with van der Waals surface area (Å²) in [5.41, 5.74) is 1.55. The Labute approximate surface area is 104 Å². The zero-order chi connectivity index (χ0) is 12.3. The summed E-state index contributed by atoms with van der Waals surface area (Å²) in [6.07, 6.45) is -0.258. The lowest BCUT2D eigenvalue weighted by molar-refractivity contribution is 0.178. The number of hydrogen-bond acceptors (Lipinski definition) is 1. The first-order chi connectivity index (χ1) is 8.16. The first kappa shape index (κ1) is 12.1. The van der Waals surface area contributed by atoms with E-state index in [1.54, 1.807) is 6.07 Å². The summed E-state index contributed by atoms with van der Waals surface area (Å²) in [5.74, 6) is -0.503. The van der Waals surface area contributed by atoms with Gasteiger partial charge in [-0.05, 0) is 23.3 Å². The number of aliphatic hydroxyl groups excluding tert-OH is 1. The van der Waals surface area contributed by atoms with Gasteiger partial charge < -0.3 is 5.11 Å². The van der Waals surface area contributed by atoms with E-state index >= 15 is 0 Å². The van der Waals surface area contributed by atoms with E-state index in [0.29, 0.717) is 12.0 Å². The quantitative estimate of drug-likeness (QED) is 0.880. The van der Waals surface area contributed by atoms with Crippen LogP contribution in [-0.4, -0.2) is 5.11 Å². The second kappa shape index (κ2) is 5.30. The van der Waals surface area contributed by atoms with Gasteiger partial charge in [0.1, 0.15) is 5.82 Å². The molecule has 0 saturated carbocycles. The Morgan fingerprint density at radius 1 is 1.12 bits per heavy atom. The topological polar surface area (TPSA) is 20.2 Å². The number of benzene rings is 2. The summed E-state index contributed by atoms with van der Waals surface area (Å²) < 4.78 is 13.2. The average molecular weight is 251 g/mol. The maximum Gasteiger partial charge on any atom is 0.142 e. The second-order valence-electron chi connectivity index (χ2n) is 3.88. The summed E-state index contributed by atoms with van der Waals surface area (Å²) in [6.45, 7) is 0. The van der Waals surface area contributed by atoms with Crippen molar-refractivity contribution < 1.29 is 9.50 Å². The number of halogens is 2. The van der Waals surface area contributed by atoms with Crippen LogP contribution in [-0.2, 0) is 6.42 Å². The van der Waals surface area contributed by atoms with E-state index in [-0.39, 0.29) is 5.02 Å². The Morgan fingerprint density at radius 3 is 2.47 bits per heavy atom. The molecule has 1 N–H and O–H groups in total. The Kier molecular flexibility index (Phi) is 3.77. The van der Waals surface area contributed by atoms with E-state index in [1.807, 2.05) is 30.3 Å². The minimum Gasteiger partial charge on any atom is -0.388 e. The molecule has 0 fully saturated rings. The Morgan fingerprint density at radius 2 is 1.82 bits per heavy atom. The zero-order valence-electron chi connectivity index (χ0n) is 9.11. The zero-order valence-corrected chi connectivity index (χ0v) is 9.86. The second-order valence-corrected chi connectivity index (χ2v) is 4.29. The maximum absolute atomic E-state index is 13.2. The smallest absolute Gasteiger partial charge is 0.142 e. The lowest BCUT2D eigenvalue weighted by atomic mass is 10.0. The van der Waals surface area contributed by atoms with Crippen LogP contribution in [0.15, 0.2) is 48.5 Å². The highest BCUT2D eigenvalue weighted by atomic mass is 35.5. The fourth-order valence-corrected chi connectivity index (χ4v) is 1.79. The highest BCUT2D eigenvalue weighted by Gasteiger charge is 2.10. The summed E-state index contributed by atoms with van der Waals surface area (Å²) >= 11 is 5.59. The molecule has 0 aliphatic heterocycles. The molecule has 0 amide bonds. The van der Waals surface area contributed by atoms with E-state index in [0.717, 1.165) is 5.56 Å². The summed E-state index contributed by atoms with van der Waals surface area (Å²) in [5, 5.41) is 10.0. The van der Waals surface area contributed by atoms with Crippen LogP contribution in [0.25, 0.3) is 0 Å². The molecule has 17 heavy (non-hydrogen) atoms. The van der Waals surface area contributed by atoms with E-state index in [9.17, 15) is 9.50 Å².